The molecule has 1 aliphatic heterocycles. The van der Waals surface area contributed by atoms with E-state index in [4.69, 9.17) is 4.74 Å². The largest absolute Gasteiger partial charge is 0.368 e. The van der Waals surface area contributed by atoms with Crippen molar-refractivity contribution < 1.29 is 14.3 Å². The van der Waals surface area contributed by atoms with Gasteiger partial charge in [0.25, 0.3) is 5.91 Å². The van der Waals surface area contributed by atoms with Crippen LogP contribution in [0.2, 0.25) is 0 Å². The quantitative estimate of drug-likeness (QED) is 0.757. The number of rotatable bonds is 5. The molecule has 1 aromatic carbocycles. The van der Waals surface area contributed by atoms with Crippen molar-refractivity contribution in [1.29, 1.82) is 0 Å². The predicted molar refractivity (Wildman–Crippen MR) is 97.6 cm³/mol. The van der Waals surface area contributed by atoms with Gasteiger partial charge in [-0.15, -0.1) is 12.4 Å². The number of nitrogens with one attached hydrogen (secondary N) is 3. The summed E-state index contributed by atoms with van der Waals surface area (Å²) in [6.07, 6.45) is 1.30. The topological polar surface area (TPSA) is 79.5 Å². The van der Waals surface area contributed by atoms with Crippen LogP contribution in [0.4, 0.5) is 11.4 Å². The van der Waals surface area contributed by atoms with Crippen LogP contribution in [0.5, 0.6) is 0 Å². The average Bonchev–Trinajstić information content (AvgIpc) is 2.57. The van der Waals surface area contributed by atoms with Gasteiger partial charge in [0.2, 0.25) is 5.91 Å². The molecule has 1 heterocycles. The lowest BCUT2D eigenvalue weighted by Crippen LogP contribution is -2.51. The monoisotopic (exact) mass is 355 g/mol. The Bertz CT molecular complexity index is 555. The second-order valence-electron chi connectivity index (χ2n) is 6.12. The van der Waals surface area contributed by atoms with Crippen LogP contribution in [0.1, 0.15) is 26.7 Å². The summed E-state index contributed by atoms with van der Waals surface area (Å²) in [5, 5.41) is 8.95. The molecule has 0 unspecified atom stereocenters. The number of carbonyl (C=O) groups excluding carboxylic acids is 2. The Morgan fingerprint density at radius 1 is 1.08 bits per heavy atom. The van der Waals surface area contributed by atoms with Crippen LogP contribution < -0.4 is 16.0 Å². The van der Waals surface area contributed by atoms with Gasteiger partial charge in [-0.05, 0) is 50.2 Å². The molecule has 3 N–H and O–H groups in total. The molecule has 134 valence electrons. The second kappa shape index (κ2) is 9.01. The molecule has 0 bridgehead atoms. The molecule has 7 heteroatoms. The minimum absolute atomic E-state index is 0. The van der Waals surface area contributed by atoms with Crippen LogP contribution in [0.3, 0.4) is 0 Å². The number of hydrogen-bond donors (Lipinski definition) is 3. The molecule has 2 rings (SSSR count). The Balaban J connectivity index is 0.00000288. The SMILES string of the molecule is COC1(C(=O)Nc2ccc(NC(=O)C(C)C)cc2)CCNCC1.Cl. The zero-order chi connectivity index (χ0) is 16.9. The number of anilines is 2. The number of hydrogen-bond acceptors (Lipinski definition) is 4. The number of methoxy groups -OCH3 is 1. The van der Waals surface area contributed by atoms with E-state index in [-0.39, 0.29) is 30.1 Å². The second-order valence-corrected chi connectivity index (χ2v) is 6.12. The number of benzene rings is 1. The molecule has 1 aromatic rings. The van der Waals surface area contributed by atoms with Crippen LogP contribution in [-0.4, -0.2) is 37.6 Å². The number of halogens is 1. The number of amides is 2. The highest BCUT2D eigenvalue weighted by molar-refractivity contribution is 5.98. The third-order valence-corrected chi connectivity index (χ3v) is 4.15. The molecular formula is C17H26ClN3O3. The molecule has 0 radical (unpaired) electrons. The van der Waals surface area contributed by atoms with Gasteiger partial charge in [0, 0.05) is 24.4 Å². The average molecular weight is 356 g/mol. The Morgan fingerprint density at radius 3 is 2.04 bits per heavy atom. The highest BCUT2D eigenvalue weighted by atomic mass is 35.5. The number of carbonyl (C=O) groups is 2. The van der Waals surface area contributed by atoms with Crippen molar-refractivity contribution in [3.63, 3.8) is 0 Å². The lowest BCUT2D eigenvalue weighted by Gasteiger charge is -2.34. The van der Waals surface area contributed by atoms with E-state index < -0.39 is 5.60 Å². The van der Waals surface area contributed by atoms with Gasteiger partial charge >= 0.3 is 0 Å². The van der Waals surface area contributed by atoms with Crippen LogP contribution in [0, 0.1) is 5.92 Å². The van der Waals surface area contributed by atoms with Gasteiger partial charge in [0.1, 0.15) is 5.60 Å². The summed E-state index contributed by atoms with van der Waals surface area (Å²) in [5.41, 5.74) is 0.632. The molecule has 1 fully saturated rings. The van der Waals surface area contributed by atoms with Crippen molar-refractivity contribution in [2.75, 3.05) is 30.8 Å². The fraction of sp³-hybridized carbons (Fsp3) is 0.529. The van der Waals surface area contributed by atoms with E-state index in [9.17, 15) is 9.59 Å². The van der Waals surface area contributed by atoms with Crippen molar-refractivity contribution in [2.24, 2.45) is 5.92 Å². The first-order chi connectivity index (χ1) is 11.0. The summed E-state index contributed by atoms with van der Waals surface area (Å²) in [6.45, 7) is 5.21. The van der Waals surface area contributed by atoms with E-state index in [2.05, 4.69) is 16.0 Å². The maximum atomic E-state index is 12.5. The normalized spacial score (nSPS) is 16.2. The van der Waals surface area contributed by atoms with Crippen LogP contribution in [0.15, 0.2) is 24.3 Å². The Morgan fingerprint density at radius 2 is 1.58 bits per heavy atom. The maximum Gasteiger partial charge on any atom is 0.256 e. The fourth-order valence-corrected chi connectivity index (χ4v) is 2.52. The number of piperidine rings is 1. The van der Waals surface area contributed by atoms with E-state index in [1.165, 1.54) is 0 Å². The lowest BCUT2D eigenvalue weighted by atomic mass is 9.91. The smallest absolute Gasteiger partial charge is 0.256 e. The van der Waals surface area contributed by atoms with Crippen LogP contribution >= 0.6 is 12.4 Å². The lowest BCUT2D eigenvalue weighted by molar-refractivity contribution is -0.140. The molecule has 0 aliphatic carbocycles. The summed E-state index contributed by atoms with van der Waals surface area (Å²) in [7, 11) is 1.58. The summed E-state index contributed by atoms with van der Waals surface area (Å²) in [6, 6.07) is 7.10. The van der Waals surface area contributed by atoms with Gasteiger partial charge in [-0.2, -0.15) is 0 Å². The van der Waals surface area contributed by atoms with E-state index in [0.717, 1.165) is 13.1 Å². The molecule has 0 saturated carbocycles. The van der Waals surface area contributed by atoms with Crippen molar-refractivity contribution in [2.45, 2.75) is 32.3 Å². The first-order valence-electron chi connectivity index (χ1n) is 7.95. The van der Waals surface area contributed by atoms with Crippen molar-refractivity contribution in [3.05, 3.63) is 24.3 Å². The van der Waals surface area contributed by atoms with Gasteiger partial charge in [-0.1, -0.05) is 13.8 Å². The molecule has 6 nitrogen and oxygen atoms in total. The Kier molecular flexibility index (Phi) is 7.66. The Labute approximate surface area is 149 Å². The minimum atomic E-state index is -0.768. The maximum absolute atomic E-state index is 12.5. The van der Waals surface area contributed by atoms with Crippen LogP contribution in [-0.2, 0) is 14.3 Å². The van der Waals surface area contributed by atoms with Gasteiger partial charge in [-0.25, -0.2) is 0 Å². The molecule has 1 aliphatic rings. The van der Waals surface area contributed by atoms with E-state index >= 15 is 0 Å². The third kappa shape index (κ3) is 4.93. The Hall–Kier alpha value is -1.63. The zero-order valence-corrected chi connectivity index (χ0v) is 15.2. The molecule has 0 spiro atoms. The highest BCUT2D eigenvalue weighted by Gasteiger charge is 2.39. The van der Waals surface area contributed by atoms with Crippen molar-refractivity contribution in [1.82, 2.24) is 5.32 Å². The fourth-order valence-electron chi connectivity index (χ4n) is 2.52. The van der Waals surface area contributed by atoms with Crippen molar-refractivity contribution in [3.8, 4) is 0 Å². The predicted octanol–water partition coefficient (Wildman–Crippen LogP) is 2.41. The van der Waals surface area contributed by atoms with Gasteiger partial charge < -0.3 is 20.7 Å². The van der Waals surface area contributed by atoms with Gasteiger partial charge in [-0.3, -0.25) is 9.59 Å². The molecular weight excluding hydrogens is 330 g/mol. The summed E-state index contributed by atoms with van der Waals surface area (Å²) < 4.78 is 5.51. The standard InChI is InChI=1S/C17H25N3O3.ClH/c1-12(2)15(21)19-13-4-6-14(7-5-13)20-16(22)17(23-3)8-10-18-11-9-17;/h4-7,12,18H,8-11H2,1-3H3,(H,19,21)(H,20,22);1H. The first kappa shape index (κ1) is 20.4. The zero-order valence-electron chi connectivity index (χ0n) is 14.3. The molecule has 0 atom stereocenters. The summed E-state index contributed by atoms with van der Waals surface area (Å²) >= 11 is 0. The molecule has 2 amide bonds. The molecule has 24 heavy (non-hydrogen) atoms. The van der Waals surface area contributed by atoms with Gasteiger partial charge in [0.05, 0.1) is 0 Å². The highest BCUT2D eigenvalue weighted by Crippen LogP contribution is 2.25. The number of ether oxygens (including phenoxy) is 1. The third-order valence-electron chi connectivity index (χ3n) is 4.15. The van der Waals surface area contributed by atoms with Crippen molar-refractivity contribution >= 4 is 35.6 Å². The van der Waals surface area contributed by atoms with Crippen LogP contribution in [0.25, 0.3) is 0 Å². The van der Waals surface area contributed by atoms with E-state index in [1.54, 1.807) is 31.4 Å². The summed E-state index contributed by atoms with van der Waals surface area (Å²) in [5.74, 6) is -0.230. The van der Waals surface area contributed by atoms with Gasteiger partial charge in [0.15, 0.2) is 0 Å². The first-order valence-corrected chi connectivity index (χ1v) is 7.95. The molecule has 0 aromatic heterocycles. The minimum Gasteiger partial charge on any atom is -0.368 e. The summed E-state index contributed by atoms with van der Waals surface area (Å²) in [4.78, 5) is 24.2. The van der Waals surface area contributed by atoms with E-state index in [1.807, 2.05) is 13.8 Å². The molecule has 1 saturated heterocycles. The van der Waals surface area contributed by atoms with E-state index in [0.29, 0.717) is 24.2 Å².